The molecule has 0 aliphatic heterocycles. The van der Waals surface area contributed by atoms with Crippen LogP contribution in [0.2, 0.25) is 0 Å². The van der Waals surface area contributed by atoms with Crippen LogP contribution in [0.25, 0.3) is 0 Å². The van der Waals surface area contributed by atoms with E-state index in [1.807, 2.05) is 24.3 Å². The highest BCUT2D eigenvalue weighted by Crippen LogP contribution is 2.21. The normalized spacial score (nSPS) is 10.0. The molecule has 2 N–H and O–H groups in total. The van der Waals surface area contributed by atoms with Gasteiger partial charge in [0.2, 0.25) is 0 Å². The molecular formula is C12H13N2O2S+. The summed E-state index contributed by atoms with van der Waals surface area (Å²) in [6.45, 7) is 1.55. The highest BCUT2D eigenvalue weighted by molar-refractivity contribution is 7.17. The Kier molecular flexibility index (Phi) is 3.39. The molecule has 0 bridgehead atoms. The first kappa shape index (κ1) is 11.6. The first-order valence-corrected chi connectivity index (χ1v) is 5.94. The van der Waals surface area contributed by atoms with Crippen LogP contribution >= 0.6 is 11.3 Å². The molecule has 0 aliphatic carbocycles. The van der Waals surface area contributed by atoms with E-state index in [1.165, 1.54) is 11.3 Å². The predicted octanol–water partition coefficient (Wildman–Crippen LogP) is 2.52. The fourth-order valence-corrected chi connectivity index (χ4v) is 2.11. The van der Waals surface area contributed by atoms with E-state index in [4.69, 9.17) is 4.74 Å². The molecular weight excluding hydrogens is 236 g/mol. The van der Waals surface area contributed by atoms with Gasteiger partial charge in [-0.05, 0) is 35.6 Å². The van der Waals surface area contributed by atoms with Gasteiger partial charge >= 0.3 is 5.13 Å². The van der Waals surface area contributed by atoms with Gasteiger partial charge in [-0.2, -0.15) is 0 Å². The number of ketones is 1. The Morgan fingerprint density at radius 1 is 1.35 bits per heavy atom. The molecule has 2 aromatic rings. The van der Waals surface area contributed by atoms with Crippen LogP contribution in [0.4, 0.5) is 10.8 Å². The van der Waals surface area contributed by atoms with Gasteiger partial charge in [0.25, 0.3) is 0 Å². The maximum atomic E-state index is 11.1. The first-order chi connectivity index (χ1) is 8.19. The van der Waals surface area contributed by atoms with Crippen molar-refractivity contribution in [2.24, 2.45) is 0 Å². The SMILES string of the molecule is COc1ccc(Nc2[nH+]cc(C(C)=O)s2)cc1. The summed E-state index contributed by atoms with van der Waals surface area (Å²) in [5, 5.41) is 4.02. The van der Waals surface area contributed by atoms with Gasteiger partial charge in [0.05, 0.1) is 7.11 Å². The highest BCUT2D eigenvalue weighted by atomic mass is 32.1. The molecule has 0 saturated heterocycles. The summed E-state index contributed by atoms with van der Waals surface area (Å²) >= 11 is 1.40. The molecule has 0 spiro atoms. The van der Waals surface area contributed by atoms with E-state index in [0.29, 0.717) is 4.88 Å². The number of hydrogen-bond donors (Lipinski definition) is 1. The third-order valence-corrected chi connectivity index (χ3v) is 3.29. The number of carbonyl (C=O) groups is 1. The zero-order chi connectivity index (χ0) is 12.3. The standard InChI is InChI=1S/C12H12N2O2S/c1-8(15)11-7-13-12(17-11)14-9-3-5-10(16-2)6-4-9/h3-7H,1-2H3,(H,13,14)/p+1. The smallest absolute Gasteiger partial charge is 0.337 e. The number of aromatic nitrogens is 1. The minimum atomic E-state index is 0.0639. The number of rotatable bonds is 4. The number of ether oxygens (including phenoxy) is 1. The third kappa shape index (κ3) is 2.82. The summed E-state index contributed by atoms with van der Waals surface area (Å²) in [5.74, 6) is 0.879. The molecule has 0 unspecified atom stereocenters. The van der Waals surface area contributed by atoms with Gasteiger partial charge in [0.15, 0.2) is 5.78 Å². The van der Waals surface area contributed by atoms with Crippen molar-refractivity contribution in [2.45, 2.75) is 6.92 Å². The highest BCUT2D eigenvalue weighted by Gasteiger charge is 2.11. The maximum Gasteiger partial charge on any atom is 0.337 e. The molecule has 0 amide bonds. The summed E-state index contributed by atoms with van der Waals surface area (Å²) in [6.07, 6.45) is 1.71. The van der Waals surface area contributed by atoms with Gasteiger partial charge in [-0.3, -0.25) is 4.79 Å². The summed E-state index contributed by atoms with van der Waals surface area (Å²) in [7, 11) is 1.63. The Balaban J connectivity index is 2.11. The van der Waals surface area contributed by atoms with Gasteiger partial charge in [0, 0.05) is 6.92 Å². The van der Waals surface area contributed by atoms with Crippen LogP contribution in [0.3, 0.4) is 0 Å². The minimum absolute atomic E-state index is 0.0639. The quantitative estimate of drug-likeness (QED) is 0.847. The topological polar surface area (TPSA) is 52.5 Å². The zero-order valence-electron chi connectivity index (χ0n) is 9.61. The molecule has 0 saturated carbocycles. The molecule has 0 radical (unpaired) electrons. The van der Waals surface area contributed by atoms with Crippen LogP contribution in [-0.4, -0.2) is 12.9 Å². The Hall–Kier alpha value is -1.88. The van der Waals surface area contributed by atoms with Crippen LogP contribution in [-0.2, 0) is 0 Å². The fraction of sp³-hybridized carbons (Fsp3) is 0.167. The van der Waals surface area contributed by atoms with Crippen molar-refractivity contribution in [3.8, 4) is 5.75 Å². The molecule has 0 atom stereocenters. The number of thiazole rings is 1. The molecule has 4 nitrogen and oxygen atoms in total. The van der Waals surface area contributed by atoms with E-state index < -0.39 is 0 Å². The van der Waals surface area contributed by atoms with Crippen molar-refractivity contribution < 1.29 is 14.5 Å². The summed E-state index contributed by atoms with van der Waals surface area (Å²) in [4.78, 5) is 14.9. The maximum absolute atomic E-state index is 11.1. The number of anilines is 2. The number of nitrogens with one attached hydrogen (secondary N) is 2. The Morgan fingerprint density at radius 3 is 2.59 bits per heavy atom. The molecule has 88 valence electrons. The number of Topliss-reactive ketones (excluding diaryl/α,β-unsaturated/α-hetero) is 1. The van der Waals surface area contributed by atoms with Gasteiger partial charge in [-0.1, -0.05) is 0 Å². The molecule has 0 fully saturated rings. The van der Waals surface area contributed by atoms with Crippen LogP contribution in [0.1, 0.15) is 16.6 Å². The molecule has 5 heteroatoms. The number of hydrogen-bond acceptors (Lipinski definition) is 4. The molecule has 2 rings (SSSR count). The van der Waals surface area contributed by atoms with Gasteiger partial charge in [-0.15, -0.1) is 0 Å². The molecule has 1 heterocycles. The van der Waals surface area contributed by atoms with Crippen LogP contribution < -0.4 is 15.0 Å². The number of benzene rings is 1. The fourth-order valence-electron chi connectivity index (χ4n) is 1.34. The van der Waals surface area contributed by atoms with Crippen molar-refractivity contribution in [1.29, 1.82) is 0 Å². The Bertz CT molecular complexity index is 520. The van der Waals surface area contributed by atoms with Crippen LogP contribution in [0, 0.1) is 0 Å². The summed E-state index contributed by atoms with van der Waals surface area (Å²) in [6, 6.07) is 7.59. The second-order valence-electron chi connectivity index (χ2n) is 3.49. The molecule has 17 heavy (non-hydrogen) atoms. The van der Waals surface area contributed by atoms with E-state index in [0.717, 1.165) is 16.6 Å². The largest absolute Gasteiger partial charge is 0.497 e. The zero-order valence-corrected chi connectivity index (χ0v) is 10.4. The lowest BCUT2D eigenvalue weighted by molar-refractivity contribution is -0.354. The number of H-pyrrole nitrogens is 1. The van der Waals surface area contributed by atoms with Crippen molar-refractivity contribution in [3.63, 3.8) is 0 Å². The van der Waals surface area contributed by atoms with Crippen molar-refractivity contribution in [2.75, 3.05) is 12.4 Å². The van der Waals surface area contributed by atoms with E-state index in [9.17, 15) is 4.79 Å². The van der Waals surface area contributed by atoms with Crippen LogP contribution in [0.15, 0.2) is 30.5 Å². The monoisotopic (exact) mass is 249 g/mol. The number of methoxy groups -OCH3 is 1. The van der Waals surface area contributed by atoms with Gasteiger partial charge < -0.3 is 4.74 Å². The van der Waals surface area contributed by atoms with E-state index in [-0.39, 0.29) is 5.78 Å². The first-order valence-electron chi connectivity index (χ1n) is 5.12. The molecule has 1 aromatic heterocycles. The average molecular weight is 249 g/mol. The number of carbonyl (C=O) groups excluding carboxylic acids is 1. The number of aromatic amines is 1. The summed E-state index contributed by atoms with van der Waals surface area (Å²) in [5.41, 5.74) is 0.944. The Morgan fingerprint density at radius 2 is 2.06 bits per heavy atom. The van der Waals surface area contributed by atoms with E-state index in [2.05, 4.69) is 10.3 Å². The summed E-state index contributed by atoms with van der Waals surface area (Å²) < 4.78 is 5.08. The Labute approximate surface area is 103 Å². The second-order valence-corrected chi connectivity index (χ2v) is 4.55. The lowest BCUT2D eigenvalue weighted by Crippen LogP contribution is -2.03. The average Bonchev–Trinajstić information content (AvgIpc) is 2.79. The predicted molar refractivity (Wildman–Crippen MR) is 67.2 cm³/mol. The second kappa shape index (κ2) is 4.97. The van der Waals surface area contributed by atoms with Crippen molar-refractivity contribution in [3.05, 3.63) is 35.3 Å². The van der Waals surface area contributed by atoms with Crippen LogP contribution in [0.5, 0.6) is 5.75 Å². The minimum Gasteiger partial charge on any atom is -0.497 e. The lowest BCUT2D eigenvalue weighted by atomic mass is 10.3. The van der Waals surface area contributed by atoms with E-state index >= 15 is 0 Å². The van der Waals surface area contributed by atoms with Gasteiger partial charge in [0.1, 0.15) is 22.5 Å². The third-order valence-electron chi connectivity index (χ3n) is 2.24. The van der Waals surface area contributed by atoms with Gasteiger partial charge in [-0.25, -0.2) is 10.3 Å². The molecule has 1 aromatic carbocycles. The lowest BCUT2D eigenvalue weighted by Gasteiger charge is -1.99. The molecule has 0 aliphatic rings. The van der Waals surface area contributed by atoms with Crippen molar-refractivity contribution in [1.82, 2.24) is 0 Å². The van der Waals surface area contributed by atoms with Crippen molar-refractivity contribution >= 4 is 27.9 Å². The van der Waals surface area contributed by atoms with E-state index in [1.54, 1.807) is 20.2 Å².